The zero-order chi connectivity index (χ0) is 82.8. The molecule has 6 heterocycles. The average molecular weight is 1460 g/mol. The van der Waals surface area contributed by atoms with Gasteiger partial charge < -0.3 is 0 Å². The lowest BCUT2D eigenvalue weighted by atomic mass is 9.87. The minimum atomic E-state index is 0. The molecule has 5 aromatic heterocycles. The van der Waals surface area contributed by atoms with Crippen molar-refractivity contribution in [2.24, 2.45) is 16.8 Å². The van der Waals surface area contributed by atoms with E-state index in [1.807, 2.05) is 146 Å². The van der Waals surface area contributed by atoms with Crippen molar-refractivity contribution in [3.8, 4) is 0 Å². The first-order valence-electron chi connectivity index (χ1n) is 42.2. The molecule has 106 heavy (non-hydrogen) atoms. The smallest absolute Gasteiger partial charge is 0.0653 e. The zero-order valence-corrected chi connectivity index (χ0v) is 76.8. The highest BCUT2D eigenvalue weighted by molar-refractivity contribution is 5.86. The summed E-state index contributed by atoms with van der Waals surface area (Å²) >= 11 is 0. The number of hydrogen-bond acceptors (Lipinski definition) is 6. The van der Waals surface area contributed by atoms with Crippen LogP contribution in [0.3, 0.4) is 0 Å². The van der Waals surface area contributed by atoms with E-state index < -0.39 is 0 Å². The number of hydrogen-bond donors (Lipinski definition) is 3. The SMILES string of the molecule is CC.CC.CC.CC.CC.CC.CC.CC(C)CCC(C)C.CC(C)c1cc2c(cc1C(C)C)CN=C2.CC(C)c1cc2cn[nH]c2cc1C(C)C.CC(C)c1ccc2[nH]ncc2c1C(C)C.CC(C)c1ccc2[nH]ncc2c1C(C)C.CC(C)c1cccnc1C(C)C.CC(C)c1cccnc1C(C)C.[3HH]. The minimum absolute atomic E-state index is 0. The van der Waals surface area contributed by atoms with E-state index >= 15 is 0 Å². The molecule has 9 aromatic rings. The predicted octanol–water partition coefficient (Wildman–Crippen LogP) is 32.5. The molecular formula is C97H169N9. The van der Waals surface area contributed by atoms with E-state index in [1.54, 1.807) is 0 Å². The Morgan fingerprint density at radius 3 is 0.934 bits per heavy atom. The van der Waals surface area contributed by atoms with E-state index in [4.69, 9.17) is 0 Å². The molecule has 0 aliphatic carbocycles. The van der Waals surface area contributed by atoms with Crippen molar-refractivity contribution < 1.29 is 1.43 Å². The molecule has 1 aliphatic heterocycles. The van der Waals surface area contributed by atoms with Crippen molar-refractivity contribution in [2.75, 3.05) is 0 Å². The highest BCUT2D eigenvalue weighted by Gasteiger charge is 2.19. The van der Waals surface area contributed by atoms with Crippen molar-refractivity contribution in [3.63, 3.8) is 0 Å². The average Bonchev–Trinajstić information content (AvgIpc) is 1.74. The Labute approximate surface area is 657 Å². The Bertz CT molecular complexity index is 3370. The normalized spacial score (nSPS) is 10.8. The summed E-state index contributed by atoms with van der Waals surface area (Å²) in [6.45, 7) is 91.6. The van der Waals surface area contributed by atoms with Crippen LogP contribution in [0.4, 0.5) is 0 Å². The Hall–Kier alpha value is -6.74. The van der Waals surface area contributed by atoms with Gasteiger partial charge in [0, 0.05) is 47.6 Å². The third kappa shape index (κ3) is 36.0. The Kier molecular flexibility index (Phi) is 59.0. The number of nitrogens with one attached hydrogen (secondary N) is 3. The number of benzene rings is 4. The first-order chi connectivity index (χ1) is 50.3. The highest BCUT2D eigenvalue weighted by atomic mass is 15.1. The molecular weight excluding hydrogens is 1290 g/mol. The molecule has 9 nitrogen and oxygen atoms in total. The van der Waals surface area contributed by atoms with Crippen LogP contribution in [-0.2, 0) is 6.54 Å². The van der Waals surface area contributed by atoms with Crippen LogP contribution in [0.2, 0.25) is 0 Å². The number of fused-ring (bicyclic) bond motifs is 4. The summed E-state index contributed by atoms with van der Waals surface area (Å²) < 4.78 is 0. The molecule has 0 amide bonds. The zero-order valence-electron chi connectivity index (χ0n) is 76.8. The largest absolute Gasteiger partial charge is 0.288 e. The van der Waals surface area contributed by atoms with Gasteiger partial charge in [-0.3, -0.25) is 30.3 Å². The van der Waals surface area contributed by atoms with Gasteiger partial charge in [-0.2, -0.15) is 15.3 Å². The molecule has 0 saturated carbocycles. The molecule has 9 heteroatoms. The summed E-state index contributed by atoms with van der Waals surface area (Å²) in [6, 6.07) is 26.3. The first-order valence-corrected chi connectivity index (χ1v) is 42.2. The third-order valence-corrected chi connectivity index (χ3v) is 17.2. The maximum atomic E-state index is 4.40. The fourth-order valence-electron chi connectivity index (χ4n) is 12.1. The summed E-state index contributed by atoms with van der Waals surface area (Å²) in [5.74, 6) is 8.57. The fraction of sp³-hybridized carbons (Fsp3) is 0.608. The Morgan fingerprint density at radius 1 is 0.311 bits per heavy atom. The third-order valence-electron chi connectivity index (χ3n) is 17.2. The maximum Gasteiger partial charge on any atom is 0.0653 e. The second-order valence-corrected chi connectivity index (χ2v) is 30.1. The van der Waals surface area contributed by atoms with Gasteiger partial charge in [-0.05, 0) is 192 Å². The number of aromatic amines is 3. The van der Waals surface area contributed by atoms with Gasteiger partial charge in [0.15, 0.2) is 0 Å². The molecule has 0 unspecified atom stereocenters. The molecule has 0 saturated heterocycles. The van der Waals surface area contributed by atoms with Gasteiger partial charge in [0.05, 0.1) is 41.7 Å². The van der Waals surface area contributed by atoms with Gasteiger partial charge in [-0.25, -0.2) is 0 Å². The van der Waals surface area contributed by atoms with Crippen molar-refractivity contribution in [3.05, 3.63) is 182 Å². The van der Waals surface area contributed by atoms with Gasteiger partial charge in [0.1, 0.15) is 0 Å². The maximum absolute atomic E-state index is 4.40. The number of H-pyrrole nitrogens is 3. The van der Waals surface area contributed by atoms with Crippen LogP contribution in [0.1, 0.15) is 454 Å². The van der Waals surface area contributed by atoms with Crippen LogP contribution in [0, 0.1) is 11.8 Å². The van der Waals surface area contributed by atoms with Gasteiger partial charge in [0.25, 0.3) is 0 Å². The summed E-state index contributed by atoms with van der Waals surface area (Å²) in [7, 11) is 0. The van der Waals surface area contributed by atoms with E-state index in [9.17, 15) is 0 Å². The predicted molar refractivity (Wildman–Crippen MR) is 484 cm³/mol. The minimum Gasteiger partial charge on any atom is -0.288 e. The van der Waals surface area contributed by atoms with E-state index in [0.29, 0.717) is 71.0 Å². The van der Waals surface area contributed by atoms with E-state index in [1.165, 1.54) is 107 Å². The second kappa shape index (κ2) is 59.2. The van der Waals surface area contributed by atoms with E-state index in [2.05, 4.69) is 300 Å². The number of nitrogens with zero attached hydrogens (tertiary/aromatic N) is 6. The molecule has 0 radical (unpaired) electrons. The fourth-order valence-corrected chi connectivity index (χ4v) is 12.1. The molecule has 0 spiro atoms. The van der Waals surface area contributed by atoms with Gasteiger partial charge in [-0.1, -0.05) is 334 Å². The standard InChI is InChI=1S/C14H19N.3C13H18N2.2C11H17N.C8H18.7C2H6.H2/c1-9(2)13-5-11-7-15-8-12(11)6-14(13)10(3)4;1-8(2)11-5-10-7-14-15-13(10)6-12(11)9(3)4;2*1-8(2)10-5-6-12-11(7-14-15-12)13(10)9(3)4;2*1-8(2)10-6-5-7-12-11(10)9(3)4;1-7(2)5-6-8(3)4;7*1-2;/h5-7,9-10H,8H2,1-4H3;3*5-9H,1-4H3,(H,14,15);2*5-9H,1-4H3;7-8H,5-6H2,1-4H3;7*1-2H3;1H/i;;;;;;;;;;;;;;1+2. The van der Waals surface area contributed by atoms with Crippen molar-refractivity contribution in [1.82, 2.24) is 40.6 Å². The number of aromatic nitrogens is 8. The van der Waals surface area contributed by atoms with E-state index in [0.717, 1.165) is 34.9 Å². The van der Waals surface area contributed by atoms with Gasteiger partial charge in [0.2, 0.25) is 0 Å². The number of pyridine rings is 2. The molecule has 0 bridgehead atoms. The molecule has 0 atom stereocenters. The molecule has 10 rings (SSSR count). The lowest BCUT2D eigenvalue weighted by molar-refractivity contribution is 0.476. The lowest BCUT2D eigenvalue weighted by Crippen LogP contribution is -2.01. The van der Waals surface area contributed by atoms with Crippen LogP contribution >= 0.6 is 0 Å². The molecule has 0 fully saturated rings. The molecule has 4 aromatic carbocycles. The Balaban J connectivity index is -0.000000369. The highest BCUT2D eigenvalue weighted by Crippen LogP contribution is 2.36. The van der Waals surface area contributed by atoms with Crippen molar-refractivity contribution >= 4 is 38.9 Å². The summed E-state index contributed by atoms with van der Waals surface area (Å²) in [5.41, 5.74) is 23.0. The number of aliphatic imine (C=N–C) groups is 1. The second-order valence-electron chi connectivity index (χ2n) is 30.1. The van der Waals surface area contributed by atoms with Gasteiger partial charge in [-0.15, -0.1) is 0 Å². The molecule has 1 aliphatic rings. The summed E-state index contributed by atoms with van der Waals surface area (Å²) in [5, 5.41) is 25.2. The first kappa shape index (κ1) is 106. The molecule has 602 valence electrons. The van der Waals surface area contributed by atoms with Crippen LogP contribution in [0.5, 0.6) is 0 Å². The Morgan fingerprint density at radius 2 is 0.623 bits per heavy atom. The van der Waals surface area contributed by atoms with E-state index in [-0.39, 0.29) is 1.43 Å². The van der Waals surface area contributed by atoms with Gasteiger partial charge >= 0.3 is 0 Å². The van der Waals surface area contributed by atoms with Crippen LogP contribution in [0.15, 0.2) is 109 Å². The lowest BCUT2D eigenvalue weighted by Gasteiger charge is -2.17. The van der Waals surface area contributed by atoms with Crippen LogP contribution in [0.25, 0.3) is 32.7 Å². The van der Waals surface area contributed by atoms with Crippen molar-refractivity contribution in [2.45, 2.75) is 381 Å². The van der Waals surface area contributed by atoms with Crippen LogP contribution < -0.4 is 0 Å². The molecule has 3 N–H and O–H groups in total. The van der Waals surface area contributed by atoms with Crippen LogP contribution in [-0.4, -0.2) is 46.8 Å². The summed E-state index contributed by atoms with van der Waals surface area (Å²) in [6.07, 6.45) is 14.3. The monoisotopic (exact) mass is 1460 g/mol. The summed E-state index contributed by atoms with van der Waals surface area (Å²) in [4.78, 5) is 13.1. The topological polar surface area (TPSA) is 124 Å². The van der Waals surface area contributed by atoms with Crippen molar-refractivity contribution in [1.29, 1.82) is 0 Å². The quantitative estimate of drug-likeness (QED) is 0.0943. The number of rotatable bonds is 15.